The van der Waals surface area contributed by atoms with Crippen LogP contribution in [0.1, 0.15) is 30.7 Å². The van der Waals surface area contributed by atoms with E-state index in [1.54, 1.807) is 11.3 Å². The highest BCUT2D eigenvalue weighted by atomic mass is 32.1. The van der Waals surface area contributed by atoms with Crippen LogP contribution in [-0.2, 0) is 16.1 Å². The molecule has 3 fully saturated rings. The molecular formula is C17H25N3O2S. The SMILES string of the molecule is O=C([C@H]1CCOC1)N1CC[C@]2(CCCN(Cc3nccs3)C2)C1. The van der Waals surface area contributed by atoms with E-state index >= 15 is 0 Å². The highest BCUT2D eigenvalue weighted by Gasteiger charge is 2.44. The van der Waals surface area contributed by atoms with Crippen molar-refractivity contribution in [1.82, 2.24) is 14.8 Å². The topological polar surface area (TPSA) is 45.7 Å². The molecule has 23 heavy (non-hydrogen) atoms. The fourth-order valence-corrected chi connectivity index (χ4v) is 5.07. The van der Waals surface area contributed by atoms with E-state index in [0.29, 0.717) is 17.9 Å². The van der Waals surface area contributed by atoms with E-state index in [9.17, 15) is 4.79 Å². The van der Waals surface area contributed by atoms with E-state index in [1.807, 2.05) is 6.20 Å². The van der Waals surface area contributed by atoms with Gasteiger partial charge in [-0.05, 0) is 32.2 Å². The zero-order chi connectivity index (χ0) is 15.7. The average Bonchev–Trinajstić information content (AvgIpc) is 3.28. The minimum atomic E-state index is 0.111. The lowest BCUT2D eigenvalue weighted by Gasteiger charge is -2.40. The maximum Gasteiger partial charge on any atom is 0.228 e. The molecule has 3 aliphatic heterocycles. The summed E-state index contributed by atoms with van der Waals surface area (Å²) in [5.74, 6) is 0.441. The molecule has 4 heterocycles. The van der Waals surface area contributed by atoms with E-state index in [1.165, 1.54) is 17.8 Å². The van der Waals surface area contributed by atoms with Gasteiger partial charge in [-0.15, -0.1) is 11.3 Å². The molecule has 1 aromatic heterocycles. The van der Waals surface area contributed by atoms with Gasteiger partial charge in [-0.25, -0.2) is 4.98 Å². The number of hydrogen-bond donors (Lipinski definition) is 0. The van der Waals surface area contributed by atoms with E-state index in [0.717, 1.165) is 52.2 Å². The summed E-state index contributed by atoms with van der Waals surface area (Å²) in [4.78, 5) is 21.7. The number of carbonyl (C=O) groups excluding carboxylic acids is 1. The van der Waals surface area contributed by atoms with Gasteiger partial charge in [0.25, 0.3) is 0 Å². The Morgan fingerprint density at radius 3 is 3.13 bits per heavy atom. The number of piperidine rings is 1. The maximum atomic E-state index is 12.6. The van der Waals surface area contributed by atoms with Crippen molar-refractivity contribution >= 4 is 17.2 Å². The number of carbonyl (C=O) groups is 1. The van der Waals surface area contributed by atoms with Crippen LogP contribution in [0.2, 0.25) is 0 Å². The van der Waals surface area contributed by atoms with E-state index in [2.05, 4.69) is 20.2 Å². The number of thiazole rings is 1. The molecular weight excluding hydrogens is 310 g/mol. The predicted octanol–water partition coefficient (Wildman–Crippen LogP) is 1.99. The van der Waals surface area contributed by atoms with Gasteiger partial charge in [0.2, 0.25) is 5.91 Å². The summed E-state index contributed by atoms with van der Waals surface area (Å²) < 4.78 is 5.39. The van der Waals surface area contributed by atoms with Crippen molar-refractivity contribution in [3.05, 3.63) is 16.6 Å². The summed E-state index contributed by atoms with van der Waals surface area (Å²) in [5.41, 5.74) is 0.310. The molecule has 5 nitrogen and oxygen atoms in total. The van der Waals surface area contributed by atoms with Crippen molar-refractivity contribution in [2.45, 2.75) is 32.2 Å². The van der Waals surface area contributed by atoms with Gasteiger partial charge >= 0.3 is 0 Å². The first-order valence-electron chi connectivity index (χ1n) is 8.71. The Kier molecular flexibility index (Phi) is 4.39. The first-order chi connectivity index (χ1) is 11.2. The molecule has 0 N–H and O–H groups in total. The van der Waals surface area contributed by atoms with Gasteiger partial charge < -0.3 is 9.64 Å². The third-order valence-corrected chi connectivity index (χ3v) is 6.38. The molecule has 4 rings (SSSR count). The molecule has 0 aromatic carbocycles. The number of aromatic nitrogens is 1. The Labute approximate surface area is 141 Å². The number of amides is 1. The van der Waals surface area contributed by atoms with Gasteiger partial charge in [0, 0.05) is 43.2 Å². The van der Waals surface area contributed by atoms with E-state index in [4.69, 9.17) is 4.74 Å². The van der Waals surface area contributed by atoms with Crippen LogP contribution in [0.5, 0.6) is 0 Å². The maximum absolute atomic E-state index is 12.6. The molecule has 126 valence electrons. The van der Waals surface area contributed by atoms with Crippen molar-refractivity contribution in [2.75, 3.05) is 39.4 Å². The first kappa shape index (κ1) is 15.5. The van der Waals surface area contributed by atoms with Gasteiger partial charge in [-0.3, -0.25) is 9.69 Å². The molecule has 3 saturated heterocycles. The molecule has 6 heteroatoms. The van der Waals surface area contributed by atoms with Crippen LogP contribution in [0, 0.1) is 11.3 Å². The summed E-state index contributed by atoms with van der Waals surface area (Å²) >= 11 is 1.74. The number of likely N-dealkylation sites (tertiary alicyclic amines) is 2. The lowest BCUT2D eigenvalue weighted by molar-refractivity contribution is -0.135. The van der Waals surface area contributed by atoms with Crippen molar-refractivity contribution < 1.29 is 9.53 Å². The molecule has 0 radical (unpaired) electrons. The number of hydrogen-bond acceptors (Lipinski definition) is 5. The van der Waals surface area contributed by atoms with Gasteiger partial charge in [0.15, 0.2) is 0 Å². The first-order valence-corrected chi connectivity index (χ1v) is 9.59. The smallest absolute Gasteiger partial charge is 0.228 e. The molecule has 3 aliphatic rings. The molecule has 0 unspecified atom stereocenters. The van der Waals surface area contributed by atoms with Gasteiger partial charge in [-0.2, -0.15) is 0 Å². The Bertz CT molecular complexity index is 544. The summed E-state index contributed by atoms with van der Waals surface area (Å²) in [6, 6.07) is 0. The summed E-state index contributed by atoms with van der Waals surface area (Å²) in [6.07, 6.45) is 6.44. The minimum absolute atomic E-state index is 0.111. The molecule has 0 saturated carbocycles. The average molecular weight is 335 g/mol. The number of nitrogens with zero attached hydrogens (tertiary/aromatic N) is 3. The highest BCUT2D eigenvalue weighted by molar-refractivity contribution is 7.09. The van der Waals surface area contributed by atoms with Crippen LogP contribution < -0.4 is 0 Å². The lowest BCUT2D eigenvalue weighted by atomic mass is 9.79. The monoisotopic (exact) mass is 335 g/mol. The van der Waals surface area contributed by atoms with Crippen LogP contribution in [0.3, 0.4) is 0 Å². The lowest BCUT2D eigenvalue weighted by Crippen LogP contribution is -2.45. The summed E-state index contributed by atoms with van der Waals surface area (Å²) in [6.45, 7) is 6.47. The fourth-order valence-electron chi connectivity index (χ4n) is 4.41. The molecule has 1 aromatic rings. The zero-order valence-electron chi connectivity index (χ0n) is 13.6. The molecule has 1 amide bonds. The van der Waals surface area contributed by atoms with Crippen molar-refractivity contribution in [1.29, 1.82) is 0 Å². The largest absolute Gasteiger partial charge is 0.381 e. The third kappa shape index (κ3) is 3.30. The Hall–Kier alpha value is -0.980. The van der Waals surface area contributed by atoms with Gasteiger partial charge in [0.1, 0.15) is 5.01 Å². The molecule has 0 bridgehead atoms. The van der Waals surface area contributed by atoms with Crippen LogP contribution in [0.25, 0.3) is 0 Å². The Morgan fingerprint density at radius 2 is 2.35 bits per heavy atom. The normalized spacial score (nSPS) is 32.0. The minimum Gasteiger partial charge on any atom is -0.381 e. The standard InChI is InChI=1S/C17H25N3O2S/c21-16(14-2-8-22-11-14)20-7-4-17(13-20)3-1-6-19(12-17)10-15-18-5-9-23-15/h5,9,14H,1-4,6-8,10-13H2/t14-,17-/m0/s1. The second-order valence-electron chi connectivity index (χ2n) is 7.31. The molecule has 0 aliphatic carbocycles. The predicted molar refractivity (Wildman–Crippen MR) is 89.2 cm³/mol. The highest BCUT2D eigenvalue weighted by Crippen LogP contribution is 2.40. The Balaban J connectivity index is 1.37. The zero-order valence-corrected chi connectivity index (χ0v) is 14.4. The quantitative estimate of drug-likeness (QED) is 0.847. The van der Waals surface area contributed by atoms with Gasteiger partial charge in [0.05, 0.1) is 19.1 Å². The second-order valence-corrected chi connectivity index (χ2v) is 8.29. The van der Waals surface area contributed by atoms with E-state index < -0.39 is 0 Å². The summed E-state index contributed by atoms with van der Waals surface area (Å²) in [7, 11) is 0. The van der Waals surface area contributed by atoms with Crippen LogP contribution in [-0.4, -0.2) is 60.1 Å². The van der Waals surface area contributed by atoms with Crippen molar-refractivity contribution in [2.24, 2.45) is 11.3 Å². The molecule has 2 atom stereocenters. The van der Waals surface area contributed by atoms with Crippen LogP contribution in [0.4, 0.5) is 0 Å². The van der Waals surface area contributed by atoms with Crippen molar-refractivity contribution in [3.63, 3.8) is 0 Å². The fraction of sp³-hybridized carbons (Fsp3) is 0.765. The van der Waals surface area contributed by atoms with Crippen LogP contribution in [0.15, 0.2) is 11.6 Å². The molecule has 1 spiro atoms. The summed E-state index contributed by atoms with van der Waals surface area (Å²) in [5, 5.41) is 3.25. The van der Waals surface area contributed by atoms with E-state index in [-0.39, 0.29) is 5.92 Å². The Morgan fingerprint density at radius 1 is 1.39 bits per heavy atom. The van der Waals surface area contributed by atoms with Crippen molar-refractivity contribution in [3.8, 4) is 0 Å². The number of ether oxygens (including phenoxy) is 1. The number of rotatable bonds is 3. The van der Waals surface area contributed by atoms with Gasteiger partial charge in [-0.1, -0.05) is 0 Å². The van der Waals surface area contributed by atoms with Crippen LogP contribution >= 0.6 is 11.3 Å². The second kappa shape index (κ2) is 6.49. The third-order valence-electron chi connectivity index (χ3n) is 5.61.